The molecule has 5 heteroatoms. The van der Waals surface area contributed by atoms with E-state index < -0.39 is 0 Å². The van der Waals surface area contributed by atoms with Crippen LogP contribution in [0.15, 0.2) is 41.0 Å². The molecule has 2 rings (SSSR count). The Balaban J connectivity index is 2.48. The summed E-state index contributed by atoms with van der Waals surface area (Å²) in [7, 11) is 0. The fraction of sp³-hybridized carbons (Fsp3) is 0.312. The Morgan fingerprint density at radius 3 is 2.33 bits per heavy atom. The first kappa shape index (κ1) is 14.8. The van der Waals surface area contributed by atoms with Crippen molar-refractivity contribution in [3.8, 4) is 12.1 Å². The summed E-state index contributed by atoms with van der Waals surface area (Å²) in [5, 5.41) is 17.8. The van der Waals surface area contributed by atoms with E-state index in [1.807, 2.05) is 37.3 Å². The van der Waals surface area contributed by atoms with Crippen molar-refractivity contribution in [3.05, 3.63) is 41.6 Å². The minimum atomic E-state index is -0.130. The molecule has 0 aliphatic carbocycles. The van der Waals surface area contributed by atoms with Gasteiger partial charge in [-0.15, -0.1) is 0 Å². The van der Waals surface area contributed by atoms with Crippen LogP contribution < -0.4 is 0 Å². The summed E-state index contributed by atoms with van der Waals surface area (Å²) in [5.74, 6) is 0. The van der Waals surface area contributed by atoms with E-state index in [0.29, 0.717) is 18.9 Å². The number of hydrogen-bond acceptors (Lipinski definition) is 5. The normalized spacial score (nSPS) is 15.5. The number of aliphatic imine (C=N–C) groups is 1. The maximum absolute atomic E-state index is 8.88. The minimum absolute atomic E-state index is 0.130. The molecule has 1 aliphatic heterocycles. The highest BCUT2D eigenvalue weighted by molar-refractivity contribution is 6.10. The van der Waals surface area contributed by atoms with E-state index in [0.717, 1.165) is 24.4 Å². The average Bonchev–Trinajstić information content (AvgIpc) is 2.55. The smallest absolute Gasteiger partial charge is 0.218 e. The SMILES string of the molecule is CC(N=C(C#N)C#N)=C(c1ccccc1)N1CCOCC1. The molecule has 0 spiro atoms. The Hall–Kier alpha value is -2.63. The lowest BCUT2D eigenvalue weighted by molar-refractivity contribution is 0.0637. The molecule has 1 heterocycles. The van der Waals surface area contributed by atoms with Gasteiger partial charge in [-0.25, -0.2) is 4.99 Å². The summed E-state index contributed by atoms with van der Waals surface area (Å²) in [4.78, 5) is 6.34. The van der Waals surface area contributed by atoms with Gasteiger partial charge >= 0.3 is 0 Å². The third-order valence-electron chi connectivity index (χ3n) is 3.21. The van der Waals surface area contributed by atoms with Gasteiger partial charge in [-0.2, -0.15) is 10.5 Å². The first-order valence-electron chi connectivity index (χ1n) is 6.74. The molecule has 1 aromatic carbocycles. The molecule has 0 unspecified atom stereocenters. The standard InChI is InChI=1S/C16H16N4O/c1-13(19-15(11-17)12-18)16(14-5-3-2-4-6-14)20-7-9-21-10-8-20/h2-6H,7-10H2,1H3. The minimum Gasteiger partial charge on any atom is -0.378 e. The summed E-state index contributed by atoms with van der Waals surface area (Å²) in [6.45, 7) is 4.69. The van der Waals surface area contributed by atoms with E-state index in [2.05, 4.69) is 9.89 Å². The van der Waals surface area contributed by atoms with Gasteiger partial charge in [-0.3, -0.25) is 0 Å². The molecule has 0 saturated carbocycles. The van der Waals surface area contributed by atoms with E-state index in [-0.39, 0.29) is 5.71 Å². The lowest BCUT2D eigenvalue weighted by atomic mass is 10.1. The van der Waals surface area contributed by atoms with Crippen LogP contribution in [0.1, 0.15) is 12.5 Å². The Kier molecular flexibility index (Phi) is 5.09. The van der Waals surface area contributed by atoms with Crippen LogP contribution in [-0.4, -0.2) is 36.9 Å². The van der Waals surface area contributed by atoms with E-state index in [1.54, 1.807) is 12.1 Å². The molecular weight excluding hydrogens is 264 g/mol. The maximum Gasteiger partial charge on any atom is 0.218 e. The molecule has 21 heavy (non-hydrogen) atoms. The van der Waals surface area contributed by atoms with Gasteiger partial charge in [0, 0.05) is 13.1 Å². The van der Waals surface area contributed by atoms with E-state index in [1.165, 1.54) is 0 Å². The van der Waals surface area contributed by atoms with Gasteiger partial charge in [0.05, 0.1) is 24.6 Å². The van der Waals surface area contributed by atoms with Crippen molar-refractivity contribution in [2.24, 2.45) is 4.99 Å². The topological polar surface area (TPSA) is 72.4 Å². The number of hydrogen-bond donors (Lipinski definition) is 0. The predicted molar refractivity (Wildman–Crippen MR) is 80.1 cm³/mol. The van der Waals surface area contributed by atoms with Crippen LogP contribution in [0.5, 0.6) is 0 Å². The van der Waals surface area contributed by atoms with Crippen LogP contribution in [0.2, 0.25) is 0 Å². The van der Waals surface area contributed by atoms with Crippen LogP contribution in [-0.2, 0) is 4.74 Å². The predicted octanol–water partition coefficient (Wildman–Crippen LogP) is 2.20. The summed E-state index contributed by atoms with van der Waals surface area (Å²) in [6.07, 6.45) is 0. The molecule has 0 amide bonds. The zero-order valence-electron chi connectivity index (χ0n) is 11.9. The summed E-state index contributed by atoms with van der Waals surface area (Å²) in [5.41, 5.74) is 2.51. The molecule has 1 fully saturated rings. The van der Waals surface area contributed by atoms with Gasteiger partial charge < -0.3 is 9.64 Å². The summed E-state index contributed by atoms with van der Waals surface area (Å²) >= 11 is 0. The molecule has 5 nitrogen and oxygen atoms in total. The van der Waals surface area contributed by atoms with Crippen LogP contribution >= 0.6 is 0 Å². The Morgan fingerprint density at radius 2 is 1.76 bits per heavy atom. The molecular formula is C16H16N4O. The Morgan fingerprint density at radius 1 is 1.14 bits per heavy atom. The van der Waals surface area contributed by atoms with Crippen molar-refractivity contribution in [3.63, 3.8) is 0 Å². The number of allylic oxidation sites excluding steroid dienone is 1. The van der Waals surface area contributed by atoms with Gasteiger partial charge in [-0.1, -0.05) is 30.3 Å². The van der Waals surface area contributed by atoms with Gasteiger partial charge in [0.15, 0.2) is 0 Å². The number of rotatable bonds is 3. The molecule has 0 bridgehead atoms. The van der Waals surface area contributed by atoms with E-state index in [9.17, 15) is 0 Å². The highest BCUT2D eigenvalue weighted by Gasteiger charge is 2.18. The molecule has 106 valence electrons. The molecule has 1 saturated heterocycles. The van der Waals surface area contributed by atoms with Gasteiger partial charge in [0.25, 0.3) is 0 Å². The first-order chi connectivity index (χ1) is 10.3. The second-order valence-corrected chi connectivity index (χ2v) is 4.58. The molecule has 1 aliphatic rings. The second kappa shape index (κ2) is 7.23. The average molecular weight is 280 g/mol. The molecule has 0 atom stereocenters. The van der Waals surface area contributed by atoms with Crippen LogP contribution in [0, 0.1) is 22.7 Å². The van der Waals surface area contributed by atoms with E-state index >= 15 is 0 Å². The van der Waals surface area contributed by atoms with Crippen molar-refractivity contribution in [2.75, 3.05) is 26.3 Å². The van der Waals surface area contributed by atoms with Crippen molar-refractivity contribution in [1.82, 2.24) is 4.90 Å². The molecule has 0 aromatic heterocycles. The zero-order valence-corrected chi connectivity index (χ0v) is 11.9. The molecule has 1 aromatic rings. The van der Waals surface area contributed by atoms with Crippen LogP contribution in [0.3, 0.4) is 0 Å². The summed E-state index contributed by atoms with van der Waals surface area (Å²) in [6, 6.07) is 13.5. The third kappa shape index (κ3) is 3.68. The lowest BCUT2D eigenvalue weighted by Crippen LogP contribution is -2.35. The quantitative estimate of drug-likeness (QED) is 0.796. The van der Waals surface area contributed by atoms with Crippen molar-refractivity contribution in [2.45, 2.75) is 6.92 Å². The van der Waals surface area contributed by atoms with E-state index in [4.69, 9.17) is 15.3 Å². The first-order valence-corrected chi connectivity index (χ1v) is 6.74. The number of nitriles is 2. The monoisotopic (exact) mass is 280 g/mol. The molecule has 0 radical (unpaired) electrons. The van der Waals surface area contributed by atoms with Gasteiger partial charge in [0.2, 0.25) is 5.71 Å². The van der Waals surface area contributed by atoms with Crippen LogP contribution in [0.25, 0.3) is 5.70 Å². The van der Waals surface area contributed by atoms with Crippen molar-refractivity contribution < 1.29 is 4.74 Å². The zero-order chi connectivity index (χ0) is 15.1. The Bertz CT molecular complexity index is 612. The highest BCUT2D eigenvalue weighted by Crippen LogP contribution is 2.24. The lowest BCUT2D eigenvalue weighted by Gasteiger charge is -2.32. The number of ether oxygens (including phenoxy) is 1. The van der Waals surface area contributed by atoms with Crippen molar-refractivity contribution >= 4 is 11.4 Å². The fourth-order valence-corrected chi connectivity index (χ4v) is 2.30. The number of morpholine rings is 1. The molecule has 0 N–H and O–H groups in total. The highest BCUT2D eigenvalue weighted by atomic mass is 16.5. The Labute approximate surface area is 124 Å². The summed E-state index contributed by atoms with van der Waals surface area (Å²) < 4.78 is 5.38. The third-order valence-corrected chi connectivity index (χ3v) is 3.21. The largest absolute Gasteiger partial charge is 0.378 e. The maximum atomic E-state index is 8.88. The number of nitrogens with zero attached hydrogens (tertiary/aromatic N) is 4. The van der Waals surface area contributed by atoms with Crippen LogP contribution in [0.4, 0.5) is 0 Å². The fourth-order valence-electron chi connectivity index (χ4n) is 2.30. The van der Waals surface area contributed by atoms with Crippen molar-refractivity contribution in [1.29, 1.82) is 10.5 Å². The van der Waals surface area contributed by atoms with Gasteiger partial charge in [0.1, 0.15) is 12.1 Å². The second-order valence-electron chi connectivity index (χ2n) is 4.58. The van der Waals surface area contributed by atoms with Gasteiger partial charge in [-0.05, 0) is 12.5 Å². The number of benzene rings is 1.